The summed E-state index contributed by atoms with van der Waals surface area (Å²) in [5, 5.41) is 0. The van der Waals surface area contributed by atoms with E-state index in [-0.39, 0.29) is 0 Å². The van der Waals surface area contributed by atoms with Crippen LogP contribution in [-0.2, 0) is 6.61 Å². The van der Waals surface area contributed by atoms with Crippen molar-refractivity contribution in [2.24, 2.45) is 0 Å². The molecule has 0 bridgehead atoms. The largest absolute Gasteiger partial charge is 0.489 e. The summed E-state index contributed by atoms with van der Waals surface area (Å²) in [4.78, 5) is 3.94. The Balaban J connectivity index is 1.96. The summed E-state index contributed by atoms with van der Waals surface area (Å²) in [5.74, 6) is 0.893. The first-order chi connectivity index (χ1) is 6.95. The van der Waals surface area contributed by atoms with Crippen molar-refractivity contribution in [2.45, 2.75) is 6.61 Å². The Bertz CT molecular complexity index is 333. The zero-order chi connectivity index (χ0) is 9.64. The fourth-order valence-corrected chi connectivity index (χ4v) is 1.16. The molecule has 1 aromatic heterocycles. The van der Waals surface area contributed by atoms with E-state index in [1.165, 1.54) is 0 Å². The summed E-state index contributed by atoms with van der Waals surface area (Å²) in [5.41, 5.74) is 1.13. The van der Waals surface area contributed by atoms with Crippen LogP contribution in [0.3, 0.4) is 0 Å². The van der Waals surface area contributed by atoms with Gasteiger partial charge in [0, 0.05) is 12.4 Å². The highest BCUT2D eigenvalue weighted by Gasteiger charge is 1.93. The molecule has 0 radical (unpaired) electrons. The average Bonchev–Trinajstić information content (AvgIpc) is 2.29. The van der Waals surface area contributed by atoms with Crippen LogP contribution in [0.25, 0.3) is 0 Å². The Morgan fingerprint density at radius 1 is 0.929 bits per heavy atom. The van der Waals surface area contributed by atoms with Crippen LogP contribution in [0.4, 0.5) is 0 Å². The lowest BCUT2D eigenvalue weighted by Gasteiger charge is -2.04. The zero-order valence-corrected chi connectivity index (χ0v) is 7.76. The van der Waals surface area contributed by atoms with Gasteiger partial charge in [0.1, 0.15) is 12.4 Å². The second-order valence-corrected chi connectivity index (χ2v) is 2.96. The molecule has 2 aromatic rings. The Morgan fingerprint density at radius 2 is 1.64 bits per heavy atom. The van der Waals surface area contributed by atoms with Crippen molar-refractivity contribution < 1.29 is 4.74 Å². The van der Waals surface area contributed by atoms with Gasteiger partial charge in [0.2, 0.25) is 0 Å². The van der Waals surface area contributed by atoms with Crippen molar-refractivity contribution in [3.05, 3.63) is 60.4 Å². The van der Waals surface area contributed by atoms with Gasteiger partial charge in [-0.05, 0) is 29.8 Å². The van der Waals surface area contributed by atoms with Crippen molar-refractivity contribution in [3.63, 3.8) is 0 Å². The first-order valence-corrected chi connectivity index (χ1v) is 4.52. The van der Waals surface area contributed by atoms with E-state index >= 15 is 0 Å². The van der Waals surface area contributed by atoms with E-state index in [1.807, 2.05) is 42.5 Å². The number of benzene rings is 1. The molecule has 0 atom stereocenters. The molecule has 70 valence electrons. The lowest BCUT2D eigenvalue weighted by Crippen LogP contribution is -1.94. The molecular weight excluding hydrogens is 174 g/mol. The van der Waals surface area contributed by atoms with Gasteiger partial charge in [-0.1, -0.05) is 18.2 Å². The van der Waals surface area contributed by atoms with E-state index < -0.39 is 0 Å². The first kappa shape index (κ1) is 8.75. The van der Waals surface area contributed by atoms with Crippen LogP contribution in [-0.4, -0.2) is 4.98 Å². The van der Waals surface area contributed by atoms with Crippen LogP contribution in [0.1, 0.15) is 5.56 Å². The third-order valence-corrected chi connectivity index (χ3v) is 1.90. The van der Waals surface area contributed by atoms with Crippen molar-refractivity contribution in [1.82, 2.24) is 4.98 Å². The van der Waals surface area contributed by atoms with Gasteiger partial charge in [-0.15, -0.1) is 0 Å². The molecule has 2 heteroatoms. The fourth-order valence-electron chi connectivity index (χ4n) is 1.16. The minimum Gasteiger partial charge on any atom is -0.489 e. The number of aromatic nitrogens is 1. The highest BCUT2D eigenvalue weighted by atomic mass is 16.5. The summed E-state index contributed by atoms with van der Waals surface area (Å²) >= 11 is 0. The van der Waals surface area contributed by atoms with E-state index in [0.717, 1.165) is 11.3 Å². The summed E-state index contributed by atoms with van der Waals surface area (Å²) < 4.78 is 5.56. The molecule has 0 aliphatic carbocycles. The predicted molar refractivity (Wildman–Crippen MR) is 55.0 cm³/mol. The fraction of sp³-hybridized carbons (Fsp3) is 0.0833. The van der Waals surface area contributed by atoms with Gasteiger partial charge >= 0.3 is 0 Å². The summed E-state index contributed by atoms with van der Waals surface area (Å²) in [6.07, 6.45) is 3.54. The number of ether oxygens (including phenoxy) is 1. The lowest BCUT2D eigenvalue weighted by molar-refractivity contribution is 0.306. The quantitative estimate of drug-likeness (QED) is 0.733. The van der Waals surface area contributed by atoms with Crippen LogP contribution in [0.2, 0.25) is 0 Å². The molecular formula is C12H11NO. The number of pyridine rings is 1. The number of nitrogens with zero attached hydrogens (tertiary/aromatic N) is 1. The van der Waals surface area contributed by atoms with Gasteiger partial charge in [-0.2, -0.15) is 0 Å². The third kappa shape index (κ3) is 2.33. The minimum absolute atomic E-state index is 0.590. The zero-order valence-electron chi connectivity index (χ0n) is 7.76. The first-order valence-electron chi connectivity index (χ1n) is 4.52. The Morgan fingerprint density at radius 3 is 2.36 bits per heavy atom. The maximum atomic E-state index is 5.56. The number of para-hydroxylation sites is 1. The maximum absolute atomic E-state index is 5.56. The van der Waals surface area contributed by atoms with Crippen LogP contribution >= 0.6 is 0 Å². The lowest BCUT2D eigenvalue weighted by atomic mass is 10.3. The van der Waals surface area contributed by atoms with Gasteiger partial charge in [-0.3, -0.25) is 4.98 Å². The topological polar surface area (TPSA) is 22.1 Å². The number of hydrogen-bond acceptors (Lipinski definition) is 2. The Labute approximate surface area is 83.2 Å². The summed E-state index contributed by atoms with van der Waals surface area (Å²) in [7, 11) is 0. The molecule has 2 rings (SSSR count). The number of rotatable bonds is 3. The second-order valence-electron chi connectivity index (χ2n) is 2.96. The highest BCUT2D eigenvalue weighted by Crippen LogP contribution is 2.10. The monoisotopic (exact) mass is 185 g/mol. The van der Waals surface area contributed by atoms with Gasteiger partial charge in [-0.25, -0.2) is 0 Å². The van der Waals surface area contributed by atoms with Gasteiger partial charge in [0.15, 0.2) is 0 Å². The van der Waals surface area contributed by atoms with Crippen LogP contribution in [0.5, 0.6) is 5.75 Å². The van der Waals surface area contributed by atoms with Crippen LogP contribution in [0, 0.1) is 0 Å². The maximum Gasteiger partial charge on any atom is 0.119 e. The van der Waals surface area contributed by atoms with E-state index in [2.05, 4.69) is 4.98 Å². The standard InChI is InChI=1S/C12H11NO/c1-2-4-12(5-3-1)14-10-11-6-8-13-9-7-11/h1-9H,10H2. The summed E-state index contributed by atoms with van der Waals surface area (Å²) in [6.45, 7) is 0.590. The van der Waals surface area contributed by atoms with E-state index in [0.29, 0.717) is 6.61 Å². The SMILES string of the molecule is c1ccc(OCc2ccncc2)cc1. The molecule has 14 heavy (non-hydrogen) atoms. The van der Waals surface area contributed by atoms with Crippen LogP contribution in [0.15, 0.2) is 54.9 Å². The van der Waals surface area contributed by atoms with E-state index in [4.69, 9.17) is 4.74 Å². The van der Waals surface area contributed by atoms with Crippen molar-refractivity contribution in [3.8, 4) is 5.75 Å². The van der Waals surface area contributed by atoms with Crippen molar-refractivity contribution in [2.75, 3.05) is 0 Å². The molecule has 1 aromatic carbocycles. The van der Waals surface area contributed by atoms with Crippen LogP contribution < -0.4 is 4.74 Å². The normalized spacial score (nSPS) is 9.71. The third-order valence-electron chi connectivity index (χ3n) is 1.90. The van der Waals surface area contributed by atoms with E-state index in [1.54, 1.807) is 12.4 Å². The molecule has 1 heterocycles. The van der Waals surface area contributed by atoms with Crippen molar-refractivity contribution in [1.29, 1.82) is 0 Å². The molecule has 0 amide bonds. The molecule has 0 aliphatic rings. The molecule has 0 spiro atoms. The summed E-state index contributed by atoms with van der Waals surface area (Å²) in [6, 6.07) is 13.7. The van der Waals surface area contributed by atoms with Gasteiger partial charge in [0.25, 0.3) is 0 Å². The van der Waals surface area contributed by atoms with Gasteiger partial charge < -0.3 is 4.74 Å². The second kappa shape index (κ2) is 4.42. The molecule has 0 unspecified atom stereocenters. The molecule has 0 saturated heterocycles. The predicted octanol–water partition coefficient (Wildman–Crippen LogP) is 2.66. The average molecular weight is 185 g/mol. The molecule has 2 nitrogen and oxygen atoms in total. The highest BCUT2D eigenvalue weighted by molar-refractivity contribution is 5.21. The minimum atomic E-state index is 0.590. The smallest absolute Gasteiger partial charge is 0.119 e. The Hall–Kier alpha value is -1.83. The molecule has 0 N–H and O–H groups in total. The molecule has 0 saturated carbocycles. The Kier molecular flexibility index (Phi) is 2.76. The number of hydrogen-bond donors (Lipinski definition) is 0. The van der Waals surface area contributed by atoms with Gasteiger partial charge in [0.05, 0.1) is 0 Å². The van der Waals surface area contributed by atoms with E-state index in [9.17, 15) is 0 Å². The molecule has 0 aliphatic heterocycles. The van der Waals surface area contributed by atoms with Crippen molar-refractivity contribution >= 4 is 0 Å². The molecule has 0 fully saturated rings.